The Hall–Kier alpha value is -2.11. The summed E-state index contributed by atoms with van der Waals surface area (Å²) in [6, 6.07) is 1.68. The lowest BCUT2D eigenvalue weighted by Crippen LogP contribution is -2.36. The molecule has 1 N–H and O–H groups in total. The number of hydrogen-bond acceptors (Lipinski definition) is 4. The number of carbonyl (C=O) groups is 2. The summed E-state index contributed by atoms with van der Waals surface area (Å²) in [4.78, 5) is 28.5. The number of carboxylic acid groups (broad SMARTS) is 1. The quantitative estimate of drug-likeness (QED) is 0.834. The van der Waals surface area contributed by atoms with Gasteiger partial charge in [0, 0.05) is 18.8 Å². The van der Waals surface area contributed by atoms with E-state index >= 15 is 0 Å². The molecule has 1 saturated carbocycles. The van der Waals surface area contributed by atoms with Crippen LogP contribution in [0.3, 0.4) is 0 Å². The first kappa shape index (κ1) is 13.3. The number of carbonyl (C=O) groups excluding carboxylic acids is 1. The number of rotatable bonds is 6. The molecule has 0 saturated heterocycles. The fourth-order valence-electron chi connectivity index (χ4n) is 1.92. The molecule has 0 spiro atoms. The maximum Gasteiger partial charge on any atom is 0.339 e. The van der Waals surface area contributed by atoms with Gasteiger partial charge in [-0.25, -0.2) is 4.79 Å². The molecule has 0 bridgehead atoms. The Labute approximate surface area is 111 Å². The molecule has 0 atom stereocenters. The second-order valence-electron chi connectivity index (χ2n) is 4.38. The minimum atomic E-state index is -1.10. The SMILES string of the molecule is CCN(C(=O)COc1cnccc1C(=O)O)C1CC1. The summed E-state index contributed by atoms with van der Waals surface area (Å²) < 4.78 is 5.29. The van der Waals surface area contributed by atoms with Crippen LogP contribution in [-0.4, -0.2) is 46.1 Å². The number of aromatic nitrogens is 1. The minimum Gasteiger partial charge on any atom is -0.481 e. The lowest BCUT2D eigenvalue weighted by molar-refractivity contribution is -0.133. The van der Waals surface area contributed by atoms with Gasteiger partial charge in [-0.2, -0.15) is 0 Å². The Morgan fingerprint density at radius 1 is 1.53 bits per heavy atom. The number of carboxylic acids is 1. The highest BCUT2D eigenvalue weighted by molar-refractivity contribution is 5.90. The van der Waals surface area contributed by atoms with Crippen LogP contribution in [0.25, 0.3) is 0 Å². The Bertz CT molecular complexity index is 485. The first-order chi connectivity index (χ1) is 9.13. The largest absolute Gasteiger partial charge is 0.481 e. The van der Waals surface area contributed by atoms with Gasteiger partial charge in [-0.3, -0.25) is 9.78 Å². The Balaban J connectivity index is 1.98. The molecule has 1 aromatic heterocycles. The van der Waals surface area contributed by atoms with E-state index in [-0.39, 0.29) is 23.8 Å². The molecule has 2 rings (SSSR count). The van der Waals surface area contributed by atoms with Gasteiger partial charge in [-0.1, -0.05) is 0 Å². The van der Waals surface area contributed by atoms with Crippen LogP contribution in [-0.2, 0) is 4.79 Å². The molecule has 0 unspecified atom stereocenters. The third-order valence-corrected chi connectivity index (χ3v) is 3.01. The highest BCUT2D eigenvalue weighted by atomic mass is 16.5. The predicted octanol–water partition coefficient (Wildman–Crippen LogP) is 1.17. The van der Waals surface area contributed by atoms with E-state index in [1.54, 1.807) is 4.90 Å². The zero-order valence-corrected chi connectivity index (χ0v) is 10.7. The van der Waals surface area contributed by atoms with Gasteiger partial charge in [0.1, 0.15) is 5.56 Å². The van der Waals surface area contributed by atoms with E-state index in [0.29, 0.717) is 12.6 Å². The van der Waals surface area contributed by atoms with Crippen molar-refractivity contribution >= 4 is 11.9 Å². The summed E-state index contributed by atoms with van der Waals surface area (Å²) in [5.41, 5.74) is 0.0114. The van der Waals surface area contributed by atoms with Crippen molar-refractivity contribution in [2.24, 2.45) is 0 Å². The molecule has 1 fully saturated rings. The predicted molar refractivity (Wildman–Crippen MR) is 67.1 cm³/mol. The van der Waals surface area contributed by atoms with Crippen LogP contribution < -0.4 is 4.74 Å². The molecule has 1 aliphatic carbocycles. The lowest BCUT2D eigenvalue weighted by atomic mass is 10.2. The lowest BCUT2D eigenvalue weighted by Gasteiger charge is -2.20. The summed E-state index contributed by atoms with van der Waals surface area (Å²) in [5.74, 6) is -1.10. The normalized spacial score (nSPS) is 13.9. The summed E-state index contributed by atoms with van der Waals surface area (Å²) in [6.45, 7) is 2.41. The zero-order valence-electron chi connectivity index (χ0n) is 10.7. The molecule has 19 heavy (non-hydrogen) atoms. The van der Waals surface area contributed by atoms with Crippen LogP contribution >= 0.6 is 0 Å². The molecule has 0 aromatic carbocycles. The highest BCUT2D eigenvalue weighted by Gasteiger charge is 2.31. The highest BCUT2D eigenvalue weighted by Crippen LogP contribution is 2.26. The van der Waals surface area contributed by atoms with Gasteiger partial charge < -0.3 is 14.7 Å². The van der Waals surface area contributed by atoms with E-state index in [2.05, 4.69) is 4.98 Å². The van der Waals surface area contributed by atoms with Gasteiger partial charge in [0.25, 0.3) is 5.91 Å². The standard InChI is InChI=1S/C13H16N2O4/c1-2-15(9-3-4-9)12(16)8-19-11-7-14-6-5-10(11)13(17)18/h5-7,9H,2-4,8H2,1H3,(H,17,18). The zero-order chi connectivity index (χ0) is 13.8. The fraction of sp³-hybridized carbons (Fsp3) is 0.462. The van der Waals surface area contributed by atoms with Crippen molar-refractivity contribution in [1.29, 1.82) is 0 Å². The topological polar surface area (TPSA) is 79.7 Å². The number of likely N-dealkylation sites (N-methyl/N-ethyl adjacent to an activating group) is 1. The van der Waals surface area contributed by atoms with Crippen molar-refractivity contribution in [3.05, 3.63) is 24.0 Å². The van der Waals surface area contributed by atoms with Crippen LogP contribution in [0.4, 0.5) is 0 Å². The molecule has 1 aliphatic rings. The van der Waals surface area contributed by atoms with E-state index in [0.717, 1.165) is 12.8 Å². The van der Waals surface area contributed by atoms with E-state index in [9.17, 15) is 9.59 Å². The number of nitrogens with zero attached hydrogens (tertiary/aromatic N) is 2. The van der Waals surface area contributed by atoms with Crippen molar-refractivity contribution < 1.29 is 19.4 Å². The Kier molecular flexibility index (Phi) is 3.99. The van der Waals surface area contributed by atoms with Crippen molar-refractivity contribution in [3.63, 3.8) is 0 Å². The number of hydrogen-bond donors (Lipinski definition) is 1. The number of pyridine rings is 1. The third kappa shape index (κ3) is 3.21. The molecule has 6 nitrogen and oxygen atoms in total. The summed E-state index contributed by atoms with van der Waals surface area (Å²) in [7, 11) is 0. The Morgan fingerprint density at radius 3 is 2.84 bits per heavy atom. The number of aromatic carboxylic acids is 1. The monoisotopic (exact) mass is 264 g/mol. The second-order valence-corrected chi connectivity index (χ2v) is 4.38. The molecule has 6 heteroatoms. The van der Waals surface area contributed by atoms with E-state index < -0.39 is 5.97 Å². The van der Waals surface area contributed by atoms with Gasteiger partial charge in [-0.05, 0) is 25.8 Å². The number of ether oxygens (including phenoxy) is 1. The molecule has 0 aliphatic heterocycles. The Morgan fingerprint density at radius 2 is 2.26 bits per heavy atom. The smallest absolute Gasteiger partial charge is 0.339 e. The van der Waals surface area contributed by atoms with Gasteiger partial charge in [0.2, 0.25) is 0 Å². The van der Waals surface area contributed by atoms with Crippen LogP contribution in [0.2, 0.25) is 0 Å². The molecule has 0 radical (unpaired) electrons. The summed E-state index contributed by atoms with van der Waals surface area (Å²) in [5, 5.41) is 8.98. The fourth-order valence-corrected chi connectivity index (χ4v) is 1.92. The van der Waals surface area contributed by atoms with Crippen LogP contribution in [0.1, 0.15) is 30.1 Å². The molecular weight excluding hydrogens is 248 g/mol. The molecule has 1 amide bonds. The van der Waals surface area contributed by atoms with Crippen molar-refractivity contribution in [2.75, 3.05) is 13.2 Å². The van der Waals surface area contributed by atoms with E-state index in [1.165, 1.54) is 18.5 Å². The van der Waals surface area contributed by atoms with Crippen molar-refractivity contribution in [3.8, 4) is 5.75 Å². The van der Waals surface area contributed by atoms with Crippen molar-refractivity contribution in [1.82, 2.24) is 9.88 Å². The number of amides is 1. The molecule has 102 valence electrons. The summed E-state index contributed by atoms with van der Waals surface area (Å²) >= 11 is 0. The van der Waals surface area contributed by atoms with Gasteiger partial charge >= 0.3 is 5.97 Å². The average Bonchev–Trinajstić information content (AvgIpc) is 3.22. The van der Waals surface area contributed by atoms with Crippen LogP contribution in [0.15, 0.2) is 18.5 Å². The second kappa shape index (κ2) is 5.69. The summed E-state index contributed by atoms with van der Waals surface area (Å²) in [6.07, 6.45) is 4.75. The maximum atomic E-state index is 11.9. The molecule has 1 aromatic rings. The molecule has 1 heterocycles. The van der Waals surface area contributed by atoms with Gasteiger partial charge in [-0.15, -0.1) is 0 Å². The first-order valence-electron chi connectivity index (χ1n) is 6.23. The third-order valence-electron chi connectivity index (χ3n) is 3.01. The first-order valence-corrected chi connectivity index (χ1v) is 6.23. The minimum absolute atomic E-state index is 0.0114. The maximum absolute atomic E-state index is 11.9. The van der Waals surface area contributed by atoms with Gasteiger partial charge in [0.05, 0.1) is 6.20 Å². The van der Waals surface area contributed by atoms with E-state index in [1.807, 2.05) is 6.92 Å². The van der Waals surface area contributed by atoms with Crippen LogP contribution in [0, 0.1) is 0 Å². The average molecular weight is 264 g/mol. The van der Waals surface area contributed by atoms with Gasteiger partial charge in [0.15, 0.2) is 12.4 Å². The molecular formula is C13H16N2O4. The van der Waals surface area contributed by atoms with E-state index in [4.69, 9.17) is 9.84 Å². The van der Waals surface area contributed by atoms with Crippen molar-refractivity contribution in [2.45, 2.75) is 25.8 Å². The van der Waals surface area contributed by atoms with Crippen LogP contribution in [0.5, 0.6) is 5.75 Å².